The van der Waals surface area contributed by atoms with Gasteiger partial charge in [0.2, 0.25) is 0 Å². The van der Waals surface area contributed by atoms with E-state index in [2.05, 4.69) is 11.4 Å². The largest absolute Gasteiger partial charge is 0.495 e. The minimum atomic E-state index is 0.604. The van der Waals surface area contributed by atoms with Crippen LogP contribution in [-0.4, -0.2) is 13.2 Å². The molecule has 3 heteroatoms. The lowest BCUT2D eigenvalue weighted by Gasteiger charge is -2.06. The molecule has 0 heterocycles. The third-order valence-corrected chi connectivity index (χ3v) is 2.56. The van der Waals surface area contributed by atoms with Gasteiger partial charge in [0.1, 0.15) is 11.8 Å². The summed E-state index contributed by atoms with van der Waals surface area (Å²) in [4.78, 5) is 0. The summed E-state index contributed by atoms with van der Waals surface area (Å²) in [6.07, 6.45) is 2.56. The molecule has 1 aromatic rings. The average molecular weight is 202 g/mol. The maximum absolute atomic E-state index is 8.91. The first-order chi connectivity index (χ1) is 7.33. The normalized spacial score (nSPS) is 14.7. The highest BCUT2D eigenvalue weighted by molar-refractivity contribution is 5.45. The van der Waals surface area contributed by atoms with E-state index < -0.39 is 0 Å². The topological polar surface area (TPSA) is 45.0 Å². The summed E-state index contributed by atoms with van der Waals surface area (Å²) in [6, 6.07) is 8.56. The van der Waals surface area contributed by atoms with Crippen LogP contribution in [0.3, 0.4) is 0 Å². The summed E-state index contributed by atoms with van der Waals surface area (Å²) >= 11 is 0. The molecular weight excluding hydrogens is 188 g/mol. The molecule has 0 aromatic heterocycles. The molecule has 1 N–H and O–H groups in total. The highest BCUT2D eigenvalue weighted by Gasteiger charge is 2.19. The molecule has 0 amide bonds. The molecule has 1 aromatic carbocycles. The van der Waals surface area contributed by atoms with Crippen LogP contribution in [0.15, 0.2) is 18.2 Å². The predicted molar refractivity (Wildman–Crippen MR) is 57.6 cm³/mol. The Morgan fingerprint density at radius 1 is 1.53 bits per heavy atom. The minimum absolute atomic E-state index is 0.604. The standard InChI is InChI=1S/C12H14N2O/c1-15-12-5-2-9(6-10(12)7-13)8-14-11-3-4-11/h2,5-6,11,14H,3-4,8H2,1H3. The molecule has 0 bridgehead atoms. The number of nitriles is 1. The summed E-state index contributed by atoms with van der Waals surface area (Å²) in [5, 5.41) is 12.3. The quantitative estimate of drug-likeness (QED) is 0.810. The van der Waals surface area contributed by atoms with E-state index >= 15 is 0 Å². The number of hydrogen-bond acceptors (Lipinski definition) is 3. The van der Waals surface area contributed by atoms with Crippen LogP contribution in [-0.2, 0) is 6.54 Å². The smallest absolute Gasteiger partial charge is 0.136 e. The van der Waals surface area contributed by atoms with E-state index in [0.29, 0.717) is 17.4 Å². The van der Waals surface area contributed by atoms with Crippen LogP contribution < -0.4 is 10.1 Å². The zero-order valence-electron chi connectivity index (χ0n) is 8.79. The predicted octanol–water partition coefficient (Wildman–Crippen LogP) is 1.82. The number of rotatable bonds is 4. The average Bonchev–Trinajstić information content (AvgIpc) is 3.09. The van der Waals surface area contributed by atoms with Crippen LogP contribution in [0.1, 0.15) is 24.0 Å². The van der Waals surface area contributed by atoms with Crippen molar-refractivity contribution in [1.82, 2.24) is 5.32 Å². The molecular formula is C12H14N2O. The lowest BCUT2D eigenvalue weighted by molar-refractivity contribution is 0.413. The van der Waals surface area contributed by atoms with Crippen molar-refractivity contribution < 1.29 is 4.74 Å². The maximum Gasteiger partial charge on any atom is 0.136 e. The summed E-state index contributed by atoms with van der Waals surface area (Å²) in [5.74, 6) is 0.646. The van der Waals surface area contributed by atoms with Gasteiger partial charge in [0.15, 0.2) is 0 Å². The highest BCUT2D eigenvalue weighted by Crippen LogP contribution is 2.21. The van der Waals surface area contributed by atoms with Crippen LogP contribution in [0.2, 0.25) is 0 Å². The first-order valence-electron chi connectivity index (χ1n) is 5.14. The lowest BCUT2D eigenvalue weighted by Crippen LogP contribution is -2.15. The van der Waals surface area contributed by atoms with Crippen LogP contribution >= 0.6 is 0 Å². The van der Waals surface area contributed by atoms with Gasteiger partial charge in [-0.15, -0.1) is 0 Å². The Morgan fingerprint density at radius 3 is 2.93 bits per heavy atom. The second-order valence-corrected chi connectivity index (χ2v) is 3.80. The molecule has 1 aliphatic rings. The summed E-state index contributed by atoms with van der Waals surface area (Å²) in [6.45, 7) is 0.837. The van der Waals surface area contributed by atoms with Crippen molar-refractivity contribution in [2.24, 2.45) is 0 Å². The number of hydrogen-bond donors (Lipinski definition) is 1. The van der Waals surface area contributed by atoms with Crippen molar-refractivity contribution in [3.63, 3.8) is 0 Å². The van der Waals surface area contributed by atoms with Crippen LogP contribution in [0.5, 0.6) is 5.75 Å². The van der Waals surface area contributed by atoms with Crippen molar-refractivity contribution in [3.05, 3.63) is 29.3 Å². The van der Waals surface area contributed by atoms with E-state index in [1.54, 1.807) is 7.11 Å². The molecule has 0 aliphatic heterocycles. The zero-order chi connectivity index (χ0) is 10.7. The molecule has 0 unspecified atom stereocenters. The second kappa shape index (κ2) is 4.33. The Morgan fingerprint density at radius 2 is 2.33 bits per heavy atom. The lowest BCUT2D eigenvalue weighted by atomic mass is 10.1. The Labute approximate surface area is 89.7 Å². The summed E-state index contributed by atoms with van der Waals surface area (Å²) in [7, 11) is 1.58. The molecule has 0 spiro atoms. The van der Waals surface area contributed by atoms with E-state index in [-0.39, 0.29) is 0 Å². The van der Waals surface area contributed by atoms with Gasteiger partial charge < -0.3 is 10.1 Å². The molecule has 0 radical (unpaired) electrons. The van der Waals surface area contributed by atoms with Gasteiger partial charge in [0.05, 0.1) is 12.7 Å². The fraction of sp³-hybridized carbons (Fsp3) is 0.417. The fourth-order valence-corrected chi connectivity index (χ4v) is 1.50. The molecule has 0 saturated heterocycles. The maximum atomic E-state index is 8.91. The minimum Gasteiger partial charge on any atom is -0.495 e. The molecule has 1 saturated carbocycles. The fourth-order valence-electron chi connectivity index (χ4n) is 1.50. The van der Waals surface area contributed by atoms with Crippen LogP contribution in [0, 0.1) is 11.3 Å². The van der Waals surface area contributed by atoms with Crippen molar-refractivity contribution in [3.8, 4) is 11.8 Å². The van der Waals surface area contributed by atoms with Crippen molar-refractivity contribution >= 4 is 0 Å². The molecule has 2 rings (SSSR count). The monoisotopic (exact) mass is 202 g/mol. The Kier molecular flexibility index (Phi) is 2.89. The van der Waals surface area contributed by atoms with Gasteiger partial charge in [-0.2, -0.15) is 5.26 Å². The van der Waals surface area contributed by atoms with E-state index in [0.717, 1.165) is 12.1 Å². The summed E-state index contributed by atoms with van der Waals surface area (Å²) in [5.41, 5.74) is 1.74. The SMILES string of the molecule is COc1ccc(CNC2CC2)cc1C#N. The van der Waals surface area contributed by atoms with Gasteiger partial charge in [-0.05, 0) is 30.5 Å². The zero-order valence-corrected chi connectivity index (χ0v) is 8.79. The third-order valence-electron chi connectivity index (χ3n) is 2.56. The second-order valence-electron chi connectivity index (χ2n) is 3.80. The first kappa shape index (κ1) is 10.0. The number of benzene rings is 1. The van der Waals surface area contributed by atoms with E-state index in [1.165, 1.54) is 12.8 Å². The molecule has 15 heavy (non-hydrogen) atoms. The van der Waals surface area contributed by atoms with Crippen LogP contribution in [0.4, 0.5) is 0 Å². The first-order valence-corrected chi connectivity index (χ1v) is 5.14. The van der Waals surface area contributed by atoms with E-state index in [4.69, 9.17) is 10.00 Å². The number of nitrogens with zero attached hydrogens (tertiary/aromatic N) is 1. The van der Waals surface area contributed by atoms with E-state index in [9.17, 15) is 0 Å². The van der Waals surface area contributed by atoms with Gasteiger partial charge in [0, 0.05) is 12.6 Å². The molecule has 1 aliphatic carbocycles. The summed E-state index contributed by atoms with van der Waals surface area (Å²) < 4.78 is 5.09. The van der Waals surface area contributed by atoms with Gasteiger partial charge in [-0.1, -0.05) is 6.07 Å². The van der Waals surface area contributed by atoms with Gasteiger partial charge >= 0.3 is 0 Å². The van der Waals surface area contributed by atoms with Gasteiger partial charge in [-0.25, -0.2) is 0 Å². The Bertz CT molecular complexity index is 391. The molecule has 3 nitrogen and oxygen atoms in total. The highest BCUT2D eigenvalue weighted by atomic mass is 16.5. The molecule has 1 fully saturated rings. The number of ether oxygens (including phenoxy) is 1. The number of methoxy groups -OCH3 is 1. The molecule has 78 valence electrons. The van der Waals surface area contributed by atoms with E-state index in [1.807, 2.05) is 18.2 Å². The van der Waals surface area contributed by atoms with Crippen molar-refractivity contribution in [2.75, 3.05) is 7.11 Å². The van der Waals surface area contributed by atoms with Gasteiger partial charge in [-0.3, -0.25) is 0 Å². The third kappa shape index (κ3) is 2.48. The Hall–Kier alpha value is -1.53. The van der Waals surface area contributed by atoms with Crippen molar-refractivity contribution in [2.45, 2.75) is 25.4 Å². The van der Waals surface area contributed by atoms with Gasteiger partial charge in [0.25, 0.3) is 0 Å². The van der Waals surface area contributed by atoms with Crippen LogP contribution in [0.25, 0.3) is 0 Å². The Balaban J connectivity index is 2.08. The molecule has 0 atom stereocenters. The van der Waals surface area contributed by atoms with Crippen molar-refractivity contribution in [1.29, 1.82) is 5.26 Å². The number of nitrogens with one attached hydrogen (secondary N) is 1.